The molecule has 0 bridgehead atoms. The van der Waals surface area contributed by atoms with Gasteiger partial charge in [-0.15, -0.1) is 0 Å². The minimum absolute atomic E-state index is 0.116. The molecule has 1 heterocycles. The largest absolute Gasteiger partial charge is 0.494 e. The Kier molecular flexibility index (Phi) is 5.17. The van der Waals surface area contributed by atoms with Crippen molar-refractivity contribution in [3.8, 4) is 5.75 Å². The van der Waals surface area contributed by atoms with Crippen LogP contribution in [-0.4, -0.2) is 35.7 Å². The minimum Gasteiger partial charge on any atom is -0.494 e. The molecular formula is C14H16ClFN2O3. The number of ether oxygens (including phenoxy) is 2. The van der Waals surface area contributed by atoms with E-state index in [2.05, 4.69) is 5.10 Å². The smallest absolute Gasteiger partial charge is 0.165 e. The van der Waals surface area contributed by atoms with Crippen molar-refractivity contribution in [1.29, 1.82) is 0 Å². The second-order valence-corrected chi connectivity index (χ2v) is 4.80. The minimum atomic E-state index is -1.09. The summed E-state index contributed by atoms with van der Waals surface area (Å²) in [5, 5.41) is 14.8. The van der Waals surface area contributed by atoms with Gasteiger partial charge in [0.15, 0.2) is 11.6 Å². The van der Waals surface area contributed by atoms with Crippen molar-refractivity contribution in [3.63, 3.8) is 0 Å². The molecule has 0 saturated carbocycles. The van der Waals surface area contributed by atoms with Crippen molar-refractivity contribution in [1.82, 2.24) is 9.78 Å². The average Bonchev–Trinajstić information content (AvgIpc) is 2.85. The van der Waals surface area contributed by atoms with Crippen molar-refractivity contribution in [2.45, 2.75) is 12.6 Å². The van der Waals surface area contributed by atoms with E-state index in [9.17, 15) is 9.50 Å². The topological polar surface area (TPSA) is 56.5 Å². The zero-order valence-corrected chi connectivity index (χ0v) is 12.5. The Morgan fingerprint density at radius 1 is 1.43 bits per heavy atom. The number of hydrogen-bond acceptors (Lipinski definition) is 4. The standard InChI is InChI=1S/C14H16ClFN2O3/c1-20-6-5-18-13(10(15)8-17-18)14(19)9-3-4-12(21-2)11(16)7-9/h3-4,7-8,14,19H,5-6H2,1-2H3. The fourth-order valence-corrected chi connectivity index (χ4v) is 2.25. The van der Waals surface area contributed by atoms with E-state index in [4.69, 9.17) is 21.1 Å². The second-order valence-electron chi connectivity index (χ2n) is 4.39. The number of benzene rings is 1. The quantitative estimate of drug-likeness (QED) is 0.889. The second kappa shape index (κ2) is 6.89. The number of nitrogens with zero attached hydrogens (tertiary/aromatic N) is 2. The van der Waals surface area contributed by atoms with E-state index in [0.717, 1.165) is 0 Å². The van der Waals surface area contributed by atoms with Gasteiger partial charge in [0, 0.05) is 7.11 Å². The molecule has 0 amide bonds. The average molecular weight is 315 g/mol. The Morgan fingerprint density at radius 3 is 2.81 bits per heavy atom. The van der Waals surface area contributed by atoms with E-state index in [0.29, 0.717) is 29.4 Å². The van der Waals surface area contributed by atoms with Crippen molar-refractivity contribution < 1.29 is 19.0 Å². The normalized spacial score (nSPS) is 12.4. The lowest BCUT2D eigenvalue weighted by atomic mass is 10.1. The first kappa shape index (κ1) is 15.8. The summed E-state index contributed by atoms with van der Waals surface area (Å²) in [6.07, 6.45) is 0.354. The summed E-state index contributed by atoms with van der Waals surface area (Å²) in [7, 11) is 2.95. The molecule has 0 aliphatic heterocycles. The lowest BCUT2D eigenvalue weighted by Crippen LogP contribution is -2.13. The van der Waals surface area contributed by atoms with Crippen molar-refractivity contribution in [2.24, 2.45) is 0 Å². The molecular weight excluding hydrogens is 299 g/mol. The molecule has 0 aliphatic rings. The van der Waals surface area contributed by atoms with Crippen LogP contribution in [0, 0.1) is 5.82 Å². The first-order chi connectivity index (χ1) is 10.1. The van der Waals surface area contributed by atoms with Gasteiger partial charge in [-0.05, 0) is 17.7 Å². The predicted octanol–water partition coefficient (Wildman–Crippen LogP) is 2.41. The summed E-state index contributed by atoms with van der Waals surface area (Å²) < 4.78 is 25.1. The molecule has 0 saturated heterocycles. The zero-order chi connectivity index (χ0) is 15.4. The van der Waals surface area contributed by atoms with Gasteiger partial charge < -0.3 is 14.6 Å². The van der Waals surface area contributed by atoms with Crippen LogP contribution in [0.1, 0.15) is 17.4 Å². The van der Waals surface area contributed by atoms with E-state index >= 15 is 0 Å². The maximum absolute atomic E-state index is 13.7. The number of halogens is 2. The summed E-state index contributed by atoms with van der Waals surface area (Å²) in [5.74, 6) is -0.432. The van der Waals surface area contributed by atoms with Gasteiger partial charge in [-0.2, -0.15) is 5.10 Å². The fourth-order valence-electron chi connectivity index (χ4n) is 2.01. The molecule has 0 spiro atoms. The van der Waals surface area contributed by atoms with Gasteiger partial charge in [0.2, 0.25) is 0 Å². The predicted molar refractivity (Wildman–Crippen MR) is 76.1 cm³/mol. The number of rotatable bonds is 6. The maximum Gasteiger partial charge on any atom is 0.165 e. The van der Waals surface area contributed by atoms with Gasteiger partial charge in [0.1, 0.15) is 6.10 Å². The Balaban J connectivity index is 2.33. The molecule has 7 heteroatoms. The highest BCUT2D eigenvalue weighted by Gasteiger charge is 2.21. The molecule has 1 unspecified atom stereocenters. The van der Waals surface area contributed by atoms with Gasteiger partial charge >= 0.3 is 0 Å². The SMILES string of the molecule is COCCn1ncc(Cl)c1C(O)c1ccc(OC)c(F)c1. The van der Waals surface area contributed by atoms with Crippen LogP contribution in [0.2, 0.25) is 5.02 Å². The zero-order valence-electron chi connectivity index (χ0n) is 11.7. The highest BCUT2D eigenvalue weighted by Crippen LogP contribution is 2.30. The fraction of sp³-hybridized carbons (Fsp3) is 0.357. The Labute approximate surface area is 126 Å². The summed E-state index contributed by atoms with van der Waals surface area (Å²) in [6, 6.07) is 4.25. The number of aliphatic hydroxyl groups is 1. The van der Waals surface area contributed by atoms with Crippen LogP contribution in [0.25, 0.3) is 0 Å². The van der Waals surface area contributed by atoms with Gasteiger partial charge in [-0.25, -0.2) is 4.39 Å². The molecule has 0 radical (unpaired) electrons. The number of hydrogen-bond donors (Lipinski definition) is 1. The third-order valence-corrected chi connectivity index (χ3v) is 3.38. The Hall–Kier alpha value is -1.63. The molecule has 114 valence electrons. The van der Waals surface area contributed by atoms with Crippen LogP contribution >= 0.6 is 11.6 Å². The lowest BCUT2D eigenvalue weighted by molar-refractivity contribution is 0.171. The molecule has 5 nitrogen and oxygen atoms in total. The van der Waals surface area contributed by atoms with Crippen LogP contribution in [0.4, 0.5) is 4.39 Å². The molecule has 1 atom stereocenters. The first-order valence-electron chi connectivity index (χ1n) is 6.30. The van der Waals surface area contributed by atoms with Gasteiger partial charge in [0.25, 0.3) is 0 Å². The summed E-state index contributed by atoms with van der Waals surface area (Å²) in [6.45, 7) is 0.864. The Morgan fingerprint density at radius 2 is 2.19 bits per heavy atom. The van der Waals surface area contributed by atoms with E-state index in [-0.39, 0.29) is 5.75 Å². The van der Waals surface area contributed by atoms with Crippen molar-refractivity contribution in [3.05, 3.63) is 46.5 Å². The van der Waals surface area contributed by atoms with E-state index in [1.54, 1.807) is 17.9 Å². The van der Waals surface area contributed by atoms with Crippen LogP contribution in [0.5, 0.6) is 5.75 Å². The lowest BCUT2D eigenvalue weighted by Gasteiger charge is -2.15. The molecule has 21 heavy (non-hydrogen) atoms. The number of aliphatic hydroxyl groups excluding tert-OH is 1. The summed E-state index contributed by atoms with van der Waals surface area (Å²) >= 11 is 6.06. The van der Waals surface area contributed by atoms with Crippen molar-refractivity contribution in [2.75, 3.05) is 20.8 Å². The van der Waals surface area contributed by atoms with E-state index < -0.39 is 11.9 Å². The van der Waals surface area contributed by atoms with Crippen LogP contribution in [0.3, 0.4) is 0 Å². The van der Waals surface area contributed by atoms with Crippen molar-refractivity contribution >= 4 is 11.6 Å². The third-order valence-electron chi connectivity index (χ3n) is 3.09. The maximum atomic E-state index is 13.7. The highest BCUT2D eigenvalue weighted by atomic mass is 35.5. The Bertz CT molecular complexity index is 618. The molecule has 1 N–H and O–H groups in total. The molecule has 1 aromatic carbocycles. The van der Waals surface area contributed by atoms with E-state index in [1.807, 2.05) is 0 Å². The third kappa shape index (κ3) is 3.34. The first-order valence-corrected chi connectivity index (χ1v) is 6.68. The number of aromatic nitrogens is 2. The van der Waals surface area contributed by atoms with Gasteiger partial charge in [0.05, 0.1) is 37.2 Å². The monoisotopic (exact) mass is 314 g/mol. The summed E-state index contributed by atoms with van der Waals surface area (Å²) in [5.41, 5.74) is 0.771. The van der Waals surface area contributed by atoms with Crippen LogP contribution < -0.4 is 4.74 Å². The van der Waals surface area contributed by atoms with Crippen LogP contribution in [-0.2, 0) is 11.3 Å². The summed E-state index contributed by atoms with van der Waals surface area (Å²) in [4.78, 5) is 0. The highest BCUT2D eigenvalue weighted by molar-refractivity contribution is 6.31. The molecule has 2 aromatic rings. The molecule has 2 rings (SSSR count). The number of methoxy groups -OCH3 is 2. The van der Waals surface area contributed by atoms with Crippen LogP contribution in [0.15, 0.2) is 24.4 Å². The van der Waals surface area contributed by atoms with Gasteiger partial charge in [-0.1, -0.05) is 17.7 Å². The van der Waals surface area contributed by atoms with E-state index in [1.165, 1.54) is 25.4 Å². The molecule has 0 fully saturated rings. The van der Waals surface area contributed by atoms with Gasteiger partial charge in [-0.3, -0.25) is 4.68 Å². The molecule has 1 aromatic heterocycles. The molecule has 0 aliphatic carbocycles.